The van der Waals surface area contributed by atoms with Crippen LogP contribution in [-0.2, 0) is 5.41 Å². The highest BCUT2D eigenvalue weighted by atomic mass is 32.1. The maximum atomic E-state index is 2.56. The number of benzene rings is 12. The van der Waals surface area contributed by atoms with Gasteiger partial charge in [-0.05, 0) is 127 Å². The summed E-state index contributed by atoms with van der Waals surface area (Å²) in [5.74, 6) is 0. The van der Waals surface area contributed by atoms with Gasteiger partial charge in [0.15, 0.2) is 0 Å². The fraction of sp³-hybridized carbons (Fsp3) is 0.0137. The number of rotatable bonds is 5. The molecule has 2 heterocycles. The lowest BCUT2D eigenvalue weighted by atomic mass is 9.65. The van der Waals surface area contributed by atoms with Crippen molar-refractivity contribution in [3.8, 4) is 66.8 Å². The van der Waals surface area contributed by atoms with Crippen molar-refractivity contribution in [2.45, 2.75) is 5.41 Å². The van der Waals surface area contributed by atoms with Crippen molar-refractivity contribution >= 4 is 65.6 Å². The summed E-state index contributed by atoms with van der Waals surface area (Å²) in [6.07, 6.45) is 0. The molecule has 2 nitrogen and oxygen atoms in total. The minimum Gasteiger partial charge on any atom is -0.310 e. The van der Waals surface area contributed by atoms with Gasteiger partial charge in [0.2, 0.25) is 0 Å². The van der Waals surface area contributed by atoms with Crippen LogP contribution in [0.3, 0.4) is 0 Å². The third kappa shape index (κ3) is 6.09. The van der Waals surface area contributed by atoms with E-state index in [-0.39, 0.29) is 0 Å². The molecule has 1 atom stereocenters. The molecule has 1 spiro atoms. The Bertz CT molecular complexity index is 4490. The van der Waals surface area contributed by atoms with Gasteiger partial charge in [-0.3, -0.25) is 0 Å². The second-order valence-electron chi connectivity index (χ2n) is 20.2. The number of thiophene rings is 1. The van der Waals surface area contributed by atoms with Crippen LogP contribution in [0.25, 0.3) is 86.9 Å². The maximum Gasteiger partial charge on any atom is 0.0726 e. The van der Waals surface area contributed by atoms with E-state index in [2.05, 4.69) is 289 Å². The van der Waals surface area contributed by atoms with Gasteiger partial charge in [0, 0.05) is 59.5 Å². The first-order valence-electron chi connectivity index (χ1n) is 26.2. The Balaban J connectivity index is 1.01. The summed E-state index contributed by atoms with van der Waals surface area (Å²) < 4.78 is 2.66. The van der Waals surface area contributed by atoms with Crippen LogP contribution >= 0.6 is 11.3 Å². The van der Waals surface area contributed by atoms with E-state index in [9.17, 15) is 0 Å². The van der Waals surface area contributed by atoms with E-state index in [0.29, 0.717) is 0 Å². The lowest BCUT2D eigenvalue weighted by molar-refractivity contribution is 0.776. The molecule has 0 saturated carbocycles. The normalized spacial score (nSPS) is 14.3. The zero-order valence-electron chi connectivity index (χ0n) is 41.4. The third-order valence-corrected chi connectivity index (χ3v) is 17.6. The van der Waals surface area contributed by atoms with E-state index in [1.165, 1.54) is 98.1 Å². The third-order valence-electron chi connectivity index (χ3n) is 16.4. The summed E-state index contributed by atoms with van der Waals surface area (Å²) in [7, 11) is 0. The number of hydrogen-bond acceptors (Lipinski definition) is 3. The number of nitrogens with zero attached hydrogens (tertiary/aromatic N) is 2. The molecule has 12 aromatic carbocycles. The second kappa shape index (κ2) is 16.7. The predicted octanol–water partition coefficient (Wildman–Crippen LogP) is 20.3. The van der Waals surface area contributed by atoms with E-state index in [1.54, 1.807) is 0 Å². The smallest absolute Gasteiger partial charge is 0.0726 e. The number of anilines is 6. The molecule has 1 unspecified atom stereocenters. The Morgan fingerprint density at radius 2 is 0.829 bits per heavy atom. The van der Waals surface area contributed by atoms with Crippen molar-refractivity contribution in [2.75, 3.05) is 9.80 Å². The Hall–Kier alpha value is -9.54. The number of hydrogen-bond donors (Lipinski definition) is 0. The summed E-state index contributed by atoms with van der Waals surface area (Å²) in [4.78, 5) is 4.96. The lowest BCUT2D eigenvalue weighted by Crippen LogP contribution is -2.29. The van der Waals surface area contributed by atoms with Gasteiger partial charge in [-0.15, -0.1) is 11.3 Å². The summed E-state index contributed by atoms with van der Waals surface area (Å²) in [6.45, 7) is 0. The first-order chi connectivity index (χ1) is 37.7. The zero-order valence-corrected chi connectivity index (χ0v) is 42.2. The van der Waals surface area contributed by atoms with Crippen molar-refractivity contribution in [3.05, 3.63) is 301 Å². The fourth-order valence-corrected chi connectivity index (χ4v) is 14.6. The molecule has 3 aliphatic rings. The molecule has 0 amide bonds. The van der Waals surface area contributed by atoms with Gasteiger partial charge in [-0.2, -0.15) is 0 Å². The Morgan fingerprint density at radius 1 is 0.316 bits per heavy atom. The molecular formula is C73H46N2S. The number of para-hydroxylation sites is 4. The molecular weight excluding hydrogens is 937 g/mol. The van der Waals surface area contributed by atoms with Gasteiger partial charge in [0.1, 0.15) is 0 Å². The molecule has 0 radical (unpaired) electrons. The molecule has 16 rings (SSSR count). The fourth-order valence-electron chi connectivity index (χ4n) is 13.3. The number of fused-ring (bicyclic) bond motifs is 21. The Labute approximate surface area is 446 Å². The van der Waals surface area contributed by atoms with Crippen molar-refractivity contribution in [1.29, 1.82) is 0 Å². The van der Waals surface area contributed by atoms with Crippen LogP contribution in [0.2, 0.25) is 0 Å². The SMILES string of the molecule is c1ccc(-c2ccccc2N(c2ccc3c(c2)-c2ccccc2N(c2ccccc2)c2ccccc2-3)c2ccc3c(c2)C2(c4ccccc4-c4ccccc4-3)c3ccccc3-c3c2ccc2c3sc3ccccc32)cc1. The minimum atomic E-state index is -0.681. The monoisotopic (exact) mass is 982 g/mol. The predicted molar refractivity (Wildman–Crippen MR) is 320 cm³/mol. The lowest BCUT2D eigenvalue weighted by Gasteiger charge is -2.37. The molecule has 76 heavy (non-hydrogen) atoms. The van der Waals surface area contributed by atoms with E-state index in [0.717, 1.165) is 45.3 Å². The molecule has 2 aliphatic carbocycles. The van der Waals surface area contributed by atoms with Crippen LogP contribution in [-0.4, -0.2) is 0 Å². The summed E-state index contributed by atoms with van der Waals surface area (Å²) in [5, 5.41) is 2.63. The van der Waals surface area contributed by atoms with Gasteiger partial charge >= 0.3 is 0 Å². The van der Waals surface area contributed by atoms with Crippen molar-refractivity contribution < 1.29 is 0 Å². The average molecular weight is 983 g/mol. The molecule has 0 N–H and O–H groups in total. The molecule has 1 aromatic heterocycles. The minimum absolute atomic E-state index is 0.681. The van der Waals surface area contributed by atoms with Gasteiger partial charge in [0.25, 0.3) is 0 Å². The second-order valence-corrected chi connectivity index (χ2v) is 21.3. The molecule has 354 valence electrons. The average Bonchev–Trinajstić information content (AvgIpc) is 4.18. The van der Waals surface area contributed by atoms with Crippen molar-refractivity contribution in [3.63, 3.8) is 0 Å². The summed E-state index contributed by atoms with van der Waals surface area (Å²) in [5.41, 5.74) is 25.9. The van der Waals surface area contributed by atoms with E-state index in [1.807, 2.05) is 11.3 Å². The molecule has 0 bridgehead atoms. The van der Waals surface area contributed by atoms with Gasteiger partial charge in [-0.25, -0.2) is 0 Å². The molecule has 0 fully saturated rings. The standard InChI is InChI=1S/C73H46N2S/c1-3-21-47(22-4-1)51-25-11-17-35-67(51)74(49-39-41-54-57-29-12-18-36-68(57)75(48-23-5-2-6-24-48)69-37-19-13-30-58(69)62(54)45-49)50-40-42-56-53-27-8-7-26-52(53)55-28-9-15-33-63(55)73(66(56)46-50)64-34-16-10-32-61(64)71-65(73)44-43-60-59-31-14-20-38-70(59)76-72(60)71/h1-46H. The van der Waals surface area contributed by atoms with E-state index in [4.69, 9.17) is 0 Å². The van der Waals surface area contributed by atoms with Crippen LogP contribution in [0.4, 0.5) is 34.1 Å². The van der Waals surface area contributed by atoms with Gasteiger partial charge in [0.05, 0.1) is 22.5 Å². The molecule has 1 aliphatic heterocycles. The van der Waals surface area contributed by atoms with Crippen LogP contribution in [0.5, 0.6) is 0 Å². The topological polar surface area (TPSA) is 6.48 Å². The quantitative estimate of drug-likeness (QED) is 0.170. The van der Waals surface area contributed by atoms with Crippen molar-refractivity contribution in [2.24, 2.45) is 0 Å². The van der Waals surface area contributed by atoms with E-state index >= 15 is 0 Å². The van der Waals surface area contributed by atoms with Crippen LogP contribution < -0.4 is 9.80 Å². The molecule has 13 aromatic rings. The largest absolute Gasteiger partial charge is 0.310 e. The zero-order chi connectivity index (χ0) is 49.9. The maximum absolute atomic E-state index is 2.56. The first-order valence-corrected chi connectivity index (χ1v) is 27.1. The van der Waals surface area contributed by atoms with Crippen LogP contribution in [0, 0.1) is 0 Å². The van der Waals surface area contributed by atoms with Crippen LogP contribution in [0.1, 0.15) is 22.3 Å². The summed E-state index contributed by atoms with van der Waals surface area (Å²) in [6, 6.07) is 104. The Morgan fingerprint density at radius 3 is 1.57 bits per heavy atom. The highest BCUT2D eigenvalue weighted by Gasteiger charge is 2.50. The van der Waals surface area contributed by atoms with Crippen molar-refractivity contribution in [1.82, 2.24) is 0 Å². The Kier molecular flexibility index (Phi) is 9.45. The van der Waals surface area contributed by atoms with Crippen LogP contribution in [0.15, 0.2) is 279 Å². The first kappa shape index (κ1) is 42.9. The highest BCUT2D eigenvalue weighted by molar-refractivity contribution is 7.26. The van der Waals surface area contributed by atoms with E-state index < -0.39 is 5.41 Å². The summed E-state index contributed by atoms with van der Waals surface area (Å²) >= 11 is 1.93. The van der Waals surface area contributed by atoms with Gasteiger partial charge < -0.3 is 9.80 Å². The molecule has 3 heteroatoms. The van der Waals surface area contributed by atoms with Gasteiger partial charge in [-0.1, -0.05) is 218 Å². The highest BCUT2D eigenvalue weighted by Crippen LogP contribution is 2.64. The molecule has 0 saturated heterocycles.